The average molecular weight is 432 g/mol. The molecule has 0 aromatic carbocycles. The second kappa shape index (κ2) is 9.62. The number of piperidine rings is 1. The van der Waals surface area contributed by atoms with Crippen molar-refractivity contribution in [2.45, 2.75) is 44.8 Å². The zero-order valence-corrected chi connectivity index (χ0v) is 17.8. The first-order valence-electron chi connectivity index (χ1n) is 10.4. The lowest BCUT2D eigenvalue weighted by molar-refractivity contribution is 0.0238. The van der Waals surface area contributed by atoms with E-state index in [1.807, 2.05) is 30.0 Å². The Bertz CT molecular complexity index is 880. The number of carbonyl (C=O) groups is 1. The van der Waals surface area contributed by atoms with Gasteiger partial charge in [-0.05, 0) is 19.1 Å². The van der Waals surface area contributed by atoms with Gasteiger partial charge in [0.2, 0.25) is 11.8 Å². The molecule has 4 heterocycles. The minimum absolute atomic E-state index is 0.0484. The molecular weight excluding hydrogens is 406 g/mol. The van der Waals surface area contributed by atoms with Crippen LogP contribution in [0.25, 0.3) is 0 Å². The van der Waals surface area contributed by atoms with Gasteiger partial charge in [0.15, 0.2) is 0 Å². The molecule has 30 heavy (non-hydrogen) atoms. The highest BCUT2D eigenvalue weighted by molar-refractivity contribution is 6.32. The third kappa shape index (κ3) is 5.21. The van der Waals surface area contributed by atoms with Gasteiger partial charge in [-0.3, -0.25) is 4.79 Å². The number of hydrogen-bond donors (Lipinski definition) is 0. The van der Waals surface area contributed by atoms with Crippen molar-refractivity contribution >= 4 is 17.5 Å². The number of nitrogens with zero attached hydrogens (tertiary/aromatic N) is 3. The first kappa shape index (κ1) is 20.9. The fourth-order valence-electron chi connectivity index (χ4n) is 3.69. The number of carbonyl (C=O) groups excluding carboxylic acids is 1. The normalized spacial score (nSPS) is 18.3. The van der Waals surface area contributed by atoms with Gasteiger partial charge in [-0.1, -0.05) is 17.7 Å². The van der Waals surface area contributed by atoms with Crippen LogP contribution >= 0.6 is 11.6 Å². The number of pyridine rings is 2. The van der Waals surface area contributed by atoms with Gasteiger partial charge in [0.25, 0.3) is 5.91 Å². The molecule has 1 amide bonds. The van der Waals surface area contributed by atoms with Crippen LogP contribution in [0.3, 0.4) is 0 Å². The number of rotatable bonds is 5. The molecule has 160 valence electrons. The van der Waals surface area contributed by atoms with Crippen molar-refractivity contribution in [3.8, 4) is 11.8 Å². The topological polar surface area (TPSA) is 73.8 Å². The highest BCUT2D eigenvalue weighted by Crippen LogP contribution is 2.27. The molecule has 2 fully saturated rings. The lowest BCUT2D eigenvalue weighted by Crippen LogP contribution is -2.41. The van der Waals surface area contributed by atoms with E-state index in [0.29, 0.717) is 48.6 Å². The predicted octanol–water partition coefficient (Wildman–Crippen LogP) is 3.68. The quantitative estimate of drug-likeness (QED) is 0.719. The molecule has 2 aliphatic heterocycles. The summed E-state index contributed by atoms with van der Waals surface area (Å²) < 4.78 is 17.2. The van der Waals surface area contributed by atoms with Crippen LogP contribution in [0.2, 0.25) is 5.02 Å². The zero-order valence-electron chi connectivity index (χ0n) is 17.1. The van der Waals surface area contributed by atoms with Crippen molar-refractivity contribution in [1.29, 1.82) is 0 Å². The van der Waals surface area contributed by atoms with E-state index in [1.165, 1.54) is 0 Å². The van der Waals surface area contributed by atoms with Crippen LogP contribution in [0.15, 0.2) is 30.5 Å². The highest BCUT2D eigenvalue weighted by Gasteiger charge is 2.26. The molecule has 0 saturated carbocycles. The molecule has 0 atom stereocenters. The fraction of sp³-hybridized carbons (Fsp3) is 0.500. The maximum Gasteiger partial charge on any atom is 0.255 e. The smallest absolute Gasteiger partial charge is 0.255 e. The first-order chi connectivity index (χ1) is 14.6. The van der Waals surface area contributed by atoms with E-state index >= 15 is 0 Å². The summed E-state index contributed by atoms with van der Waals surface area (Å²) >= 11 is 6.34. The van der Waals surface area contributed by atoms with E-state index in [2.05, 4.69) is 9.97 Å². The van der Waals surface area contributed by atoms with Gasteiger partial charge in [-0.15, -0.1) is 0 Å². The summed E-state index contributed by atoms with van der Waals surface area (Å²) in [6, 6.07) is 7.38. The predicted molar refractivity (Wildman–Crippen MR) is 112 cm³/mol. The van der Waals surface area contributed by atoms with E-state index in [0.717, 1.165) is 31.4 Å². The maximum absolute atomic E-state index is 12.9. The second-order valence-corrected chi connectivity index (χ2v) is 8.07. The molecule has 4 rings (SSSR count). The van der Waals surface area contributed by atoms with Gasteiger partial charge in [0.05, 0.1) is 18.8 Å². The number of aromatic nitrogens is 2. The Labute approximate surface area is 181 Å². The molecule has 0 bridgehead atoms. The standard InChI is InChI=1S/C22H26ClN3O4/c1-15-3-2-4-20(25-15)29-17-5-9-26(10-6-17)22(27)16-13-19(23)21(24-14-16)30-18-7-11-28-12-8-18/h2-4,13-14,17-18H,5-12H2,1H3. The van der Waals surface area contributed by atoms with Gasteiger partial charge in [0, 0.05) is 56.7 Å². The number of likely N-dealkylation sites (tertiary alicyclic amines) is 1. The third-order valence-corrected chi connectivity index (χ3v) is 5.65. The monoisotopic (exact) mass is 431 g/mol. The number of ether oxygens (including phenoxy) is 3. The summed E-state index contributed by atoms with van der Waals surface area (Å²) in [5.74, 6) is 0.933. The Hall–Kier alpha value is -2.38. The molecule has 0 aliphatic carbocycles. The van der Waals surface area contributed by atoms with Gasteiger partial charge in [-0.2, -0.15) is 0 Å². The van der Waals surface area contributed by atoms with E-state index in [1.54, 1.807) is 12.3 Å². The molecule has 2 saturated heterocycles. The van der Waals surface area contributed by atoms with Crippen molar-refractivity contribution in [2.75, 3.05) is 26.3 Å². The van der Waals surface area contributed by atoms with Crippen LogP contribution in [-0.2, 0) is 4.74 Å². The van der Waals surface area contributed by atoms with Crippen LogP contribution in [0.5, 0.6) is 11.8 Å². The summed E-state index contributed by atoms with van der Waals surface area (Å²) in [7, 11) is 0. The van der Waals surface area contributed by atoms with Crippen molar-refractivity contribution < 1.29 is 19.0 Å². The highest BCUT2D eigenvalue weighted by atomic mass is 35.5. The van der Waals surface area contributed by atoms with E-state index in [-0.39, 0.29) is 18.1 Å². The second-order valence-electron chi connectivity index (χ2n) is 7.67. The zero-order chi connectivity index (χ0) is 20.9. The van der Waals surface area contributed by atoms with Gasteiger partial charge < -0.3 is 19.1 Å². The van der Waals surface area contributed by atoms with E-state index in [4.69, 9.17) is 25.8 Å². The summed E-state index contributed by atoms with van der Waals surface area (Å²) in [6.07, 6.45) is 4.79. The molecule has 2 aromatic rings. The number of hydrogen-bond acceptors (Lipinski definition) is 6. The first-order valence-corrected chi connectivity index (χ1v) is 10.8. The summed E-state index contributed by atoms with van der Waals surface area (Å²) in [5, 5.41) is 0.357. The molecule has 8 heteroatoms. The van der Waals surface area contributed by atoms with E-state index in [9.17, 15) is 4.79 Å². The summed E-state index contributed by atoms with van der Waals surface area (Å²) in [5.41, 5.74) is 1.40. The Kier molecular flexibility index (Phi) is 6.69. The van der Waals surface area contributed by atoms with Crippen molar-refractivity contribution in [3.05, 3.63) is 46.7 Å². The van der Waals surface area contributed by atoms with Crippen LogP contribution in [0.1, 0.15) is 41.7 Å². The van der Waals surface area contributed by atoms with E-state index < -0.39 is 0 Å². The van der Waals surface area contributed by atoms with Crippen molar-refractivity contribution in [3.63, 3.8) is 0 Å². The Morgan fingerprint density at radius 1 is 1.13 bits per heavy atom. The van der Waals surface area contributed by atoms with Crippen molar-refractivity contribution in [2.24, 2.45) is 0 Å². The van der Waals surface area contributed by atoms with Crippen LogP contribution in [-0.4, -0.2) is 59.3 Å². The number of halogens is 1. The van der Waals surface area contributed by atoms with Crippen LogP contribution < -0.4 is 9.47 Å². The molecule has 0 unspecified atom stereocenters. The maximum atomic E-state index is 12.9. The summed E-state index contributed by atoms with van der Waals surface area (Å²) in [6.45, 7) is 4.53. The van der Waals surface area contributed by atoms with Gasteiger partial charge in [0.1, 0.15) is 17.2 Å². The largest absolute Gasteiger partial charge is 0.474 e. The Morgan fingerprint density at radius 3 is 2.57 bits per heavy atom. The van der Waals surface area contributed by atoms with Gasteiger partial charge >= 0.3 is 0 Å². The SMILES string of the molecule is Cc1cccc(OC2CCN(C(=O)c3cnc(OC4CCOCC4)c(Cl)c3)CC2)n1. The molecule has 7 nitrogen and oxygen atoms in total. The van der Waals surface area contributed by atoms with Gasteiger partial charge in [-0.25, -0.2) is 9.97 Å². The fourth-order valence-corrected chi connectivity index (χ4v) is 3.91. The number of aryl methyl sites for hydroxylation is 1. The molecule has 2 aromatic heterocycles. The van der Waals surface area contributed by atoms with Crippen LogP contribution in [0, 0.1) is 6.92 Å². The average Bonchev–Trinajstić information content (AvgIpc) is 2.76. The third-order valence-electron chi connectivity index (χ3n) is 5.38. The molecule has 0 spiro atoms. The molecular formula is C22H26ClN3O4. The Balaban J connectivity index is 1.31. The minimum Gasteiger partial charge on any atom is -0.474 e. The number of amides is 1. The molecule has 0 radical (unpaired) electrons. The lowest BCUT2D eigenvalue weighted by Gasteiger charge is -2.32. The molecule has 0 N–H and O–H groups in total. The minimum atomic E-state index is -0.0749. The van der Waals surface area contributed by atoms with Crippen LogP contribution in [0.4, 0.5) is 0 Å². The lowest BCUT2D eigenvalue weighted by atomic mass is 10.1. The summed E-state index contributed by atoms with van der Waals surface area (Å²) in [4.78, 5) is 23.4. The Morgan fingerprint density at radius 2 is 1.87 bits per heavy atom. The van der Waals surface area contributed by atoms with Crippen molar-refractivity contribution in [1.82, 2.24) is 14.9 Å². The molecule has 2 aliphatic rings.